The van der Waals surface area contributed by atoms with Gasteiger partial charge >= 0.3 is 10.1 Å². The highest BCUT2D eigenvalue weighted by Gasteiger charge is 2.29. The molecular formula is C19H19N3O4S2. The van der Waals surface area contributed by atoms with Gasteiger partial charge in [0.25, 0.3) is 0 Å². The van der Waals surface area contributed by atoms with Crippen LogP contribution in [0.25, 0.3) is 0 Å². The van der Waals surface area contributed by atoms with Crippen molar-refractivity contribution in [2.45, 2.75) is 29.9 Å². The van der Waals surface area contributed by atoms with E-state index in [1.165, 1.54) is 30.1 Å². The van der Waals surface area contributed by atoms with E-state index in [0.29, 0.717) is 10.7 Å². The van der Waals surface area contributed by atoms with E-state index in [1.807, 2.05) is 6.92 Å². The molecule has 1 aliphatic heterocycles. The first-order chi connectivity index (χ1) is 13.5. The standard InChI is InChI=1S/C19H19N3O4S2/c1-2-7-17-18(23)21-19(27-17)22-20-13-14-8-6-9-15(12-14)26-28(24,25)16-10-4-3-5-11-16/h3-6,8-13,17H,2,7H2,1H3,(H,21,22,23)/b20-13-/t17-/m0/s1. The van der Waals surface area contributed by atoms with E-state index in [2.05, 4.69) is 15.5 Å². The molecule has 1 aliphatic rings. The molecular weight excluding hydrogens is 398 g/mol. The maximum atomic E-state index is 12.3. The average molecular weight is 418 g/mol. The van der Waals surface area contributed by atoms with Gasteiger partial charge in [-0.25, -0.2) is 0 Å². The van der Waals surface area contributed by atoms with Crippen LogP contribution >= 0.6 is 11.8 Å². The van der Waals surface area contributed by atoms with Crippen LogP contribution in [0.3, 0.4) is 0 Å². The molecule has 0 radical (unpaired) electrons. The maximum Gasteiger partial charge on any atom is 0.339 e. The van der Waals surface area contributed by atoms with Gasteiger partial charge in [-0.2, -0.15) is 13.5 Å². The van der Waals surface area contributed by atoms with Gasteiger partial charge in [0.05, 0.1) is 11.5 Å². The minimum Gasteiger partial charge on any atom is -0.379 e. The van der Waals surface area contributed by atoms with E-state index < -0.39 is 10.1 Å². The Labute approximate surface area is 168 Å². The van der Waals surface area contributed by atoms with Crippen LogP contribution in [-0.2, 0) is 14.9 Å². The molecule has 9 heteroatoms. The summed E-state index contributed by atoms with van der Waals surface area (Å²) >= 11 is 1.36. The van der Waals surface area contributed by atoms with Crippen molar-refractivity contribution in [3.63, 3.8) is 0 Å². The second-order valence-corrected chi connectivity index (χ2v) is 8.69. The second kappa shape index (κ2) is 9.03. The molecule has 0 aromatic heterocycles. The normalized spacial score (nSPS) is 18.5. The molecule has 28 heavy (non-hydrogen) atoms. The van der Waals surface area contributed by atoms with Crippen LogP contribution in [0.2, 0.25) is 0 Å². The van der Waals surface area contributed by atoms with Crippen LogP contribution in [0.5, 0.6) is 5.75 Å². The Morgan fingerprint density at radius 1 is 1.18 bits per heavy atom. The first-order valence-corrected chi connectivity index (χ1v) is 10.9. The predicted octanol–water partition coefficient (Wildman–Crippen LogP) is 3.18. The molecule has 0 bridgehead atoms. The number of benzene rings is 2. The summed E-state index contributed by atoms with van der Waals surface area (Å²) in [5, 5.41) is 11.0. The number of hydrogen-bond donors (Lipinski definition) is 1. The topological polar surface area (TPSA) is 97.2 Å². The summed E-state index contributed by atoms with van der Waals surface area (Å²) in [5.41, 5.74) is 0.615. The number of carbonyl (C=O) groups is 1. The van der Waals surface area contributed by atoms with Crippen LogP contribution < -0.4 is 9.50 Å². The van der Waals surface area contributed by atoms with E-state index in [1.54, 1.807) is 42.5 Å². The van der Waals surface area contributed by atoms with Crippen molar-refractivity contribution >= 4 is 39.2 Å². The molecule has 0 aliphatic carbocycles. The lowest BCUT2D eigenvalue weighted by atomic mass is 10.2. The Hall–Kier alpha value is -2.65. The number of thioether (sulfide) groups is 1. The van der Waals surface area contributed by atoms with Gasteiger partial charge in [-0.15, -0.1) is 5.10 Å². The highest BCUT2D eigenvalue weighted by Crippen LogP contribution is 2.23. The highest BCUT2D eigenvalue weighted by molar-refractivity contribution is 8.15. The molecule has 0 unspecified atom stereocenters. The Bertz CT molecular complexity index is 1000. The van der Waals surface area contributed by atoms with Crippen molar-refractivity contribution in [1.29, 1.82) is 0 Å². The van der Waals surface area contributed by atoms with E-state index in [9.17, 15) is 13.2 Å². The van der Waals surface area contributed by atoms with Gasteiger partial charge in [0.1, 0.15) is 10.6 Å². The quantitative estimate of drug-likeness (QED) is 0.424. The molecule has 146 valence electrons. The van der Waals surface area contributed by atoms with Crippen molar-refractivity contribution in [2.75, 3.05) is 0 Å². The molecule has 1 heterocycles. The molecule has 1 fully saturated rings. The monoisotopic (exact) mass is 417 g/mol. The van der Waals surface area contributed by atoms with Gasteiger partial charge in [0.2, 0.25) is 5.91 Å². The van der Waals surface area contributed by atoms with E-state index in [4.69, 9.17) is 4.18 Å². The maximum absolute atomic E-state index is 12.3. The molecule has 1 saturated heterocycles. The van der Waals surface area contributed by atoms with Gasteiger partial charge in [-0.05, 0) is 36.2 Å². The molecule has 2 aromatic rings. The zero-order valence-electron chi connectivity index (χ0n) is 15.1. The molecule has 2 aromatic carbocycles. The molecule has 0 spiro atoms. The fourth-order valence-electron chi connectivity index (χ4n) is 2.46. The number of carbonyl (C=O) groups excluding carboxylic acids is 1. The number of amides is 1. The lowest BCUT2D eigenvalue weighted by Crippen LogP contribution is -2.24. The SMILES string of the molecule is CCC[C@@H]1S/C(=N/N=C\c2cccc(OS(=O)(=O)c3ccccc3)c2)NC1=O. The smallest absolute Gasteiger partial charge is 0.339 e. The van der Waals surface area contributed by atoms with Crippen molar-refractivity contribution in [1.82, 2.24) is 5.32 Å². The van der Waals surface area contributed by atoms with Gasteiger partial charge in [0.15, 0.2) is 5.17 Å². The molecule has 1 atom stereocenters. The summed E-state index contributed by atoms with van der Waals surface area (Å²) in [7, 11) is -3.90. The zero-order valence-corrected chi connectivity index (χ0v) is 16.7. The fraction of sp³-hybridized carbons (Fsp3) is 0.211. The third kappa shape index (κ3) is 5.20. The average Bonchev–Trinajstić information content (AvgIpc) is 3.02. The largest absolute Gasteiger partial charge is 0.379 e. The Morgan fingerprint density at radius 2 is 1.96 bits per heavy atom. The van der Waals surface area contributed by atoms with Gasteiger partial charge in [-0.1, -0.05) is 55.4 Å². The van der Waals surface area contributed by atoms with Gasteiger partial charge in [0, 0.05) is 0 Å². The van der Waals surface area contributed by atoms with Crippen molar-refractivity contribution in [2.24, 2.45) is 10.2 Å². The molecule has 1 N–H and O–H groups in total. The van der Waals surface area contributed by atoms with Crippen LogP contribution in [0, 0.1) is 0 Å². The molecule has 1 amide bonds. The molecule has 3 rings (SSSR count). The number of amidine groups is 1. The Kier molecular flexibility index (Phi) is 6.48. The minimum atomic E-state index is -3.90. The summed E-state index contributed by atoms with van der Waals surface area (Å²) < 4.78 is 29.8. The van der Waals surface area contributed by atoms with E-state index in [0.717, 1.165) is 12.8 Å². The number of nitrogens with one attached hydrogen (secondary N) is 1. The van der Waals surface area contributed by atoms with Crippen LogP contribution in [0.15, 0.2) is 69.7 Å². The van der Waals surface area contributed by atoms with E-state index >= 15 is 0 Å². The summed E-state index contributed by atoms with van der Waals surface area (Å²) in [4.78, 5) is 11.8. The second-order valence-electron chi connectivity index (χ2n) is 5.96. The van der Waals surface area contributed by atoms with E-state index in [-0.39, 0.29) is 21.8 Å². The van der Waals surface area contributed by atoms with Crippen LogP contribution in [0.1, 0.15) is 25.3 Å². The summed E-state index contributed by atoms with van der Waals surface area (Å²) in [6.07, 6.45) is 3.17. The summed E-state index contributed by atoms with van der Waals surface area (Å²) in [5.74, 6) is 0.120. The third-order valence-corrected chi connectivity index (χ3v) is 6.18. The van der Waals surface area contributed by atoms with Crippen molar-refractivity contribution < 1.29 is 17.4 Å². The Morgan fingerprint density at radius 3 is 2.71 bits per heavy atom. The van der Waals surface area contributed by atoms with Crippen molar-refractivity contribution in [3.8, 4) is 5.75 Å². The van der Waals surface area contributed by atoms with Crippen molar-refractivity contribution in [3.05, 3.63) is 60.2 Å². The molecule has 0 saturated carbocycles. The number of hydrogen-bond acceptors (Lipinski definition) is 7. The zero-order chi connectivity index (χ0) is 20.0. The lowest BCUT2D eigenvalue weighted by Gasteiger charge is -2.07. The summed E-state index contributed by atoms with van der Waals surface area (Å²) in [6.45, 7) is 2.02. The first kappa shape index (κ1) is 20.1. The fourth-order valence-corrected chi connectivity index (χ4v) is 4.45. The van der Waals surface area contributed by atoms with Gasteiger partial charge < -0.3 is 9.50 Å². The van der Waals surface area contributed by atoms with Crippen LogP contribution in [-0.4, -0.2) is 31.0 Å². The first-order valence-electron chi connectivity index (χ1n) is 8.66. The lowest BCUT2D eigenvalue weighted by molar-refractivity contribution is -0.118. The predicted molar refractivity (Wildman–Crippen MR) is 110 cm³/mol. The molecule has 7 nitrogen and oxygen atoms in total. The van der Waals surface area contributed by atoms with Gasteiger partial charge in [-0.3, -0.25) is 4.79 Å². The Balaban J connectivity index is 1.68. The van der Waals surface area contributed by atoms with Crippen LogP contribution in [0.4, 0.5) is 0 Å². The third-order valence-electron chi connectivity index (χ3n) is 3.78. The summed E-state index contributed by atoms with van der Waals surface area (Å²) in [6, 6.07) is 14.4. The highest BCUT2D eigenvalue weighted by atomic mass is 32.2. The minimum absolute atomic E-state index is 0.0534. The number of rotatable bonds is 7. The number of nitrogens with zero attached hydrogens (tertiary/aromatic N) is 2.